The molecule has 0 radical (unpaired) electrons. The molecule has 3 amide bonds. The molecule has 200 valence electrons. The number of rotatable bonds is 15. The van der Waals surface area contributed by atoms with E-state index in [0.717, 1.165) is 6.92 Å². The lowest BCUT2D eigenvalue weighted by atomic mass is 10.0. The largest absolute Gasteiger partial charge is 0.481 e. The number of nitrogens with two attached hydrogens (primary N) is 1. The van der Waals surface area contributed by atoms with Crippen molar-refractivity contribution in [3.8, 4) is 0 Å². The minimum Gasteiger partial charge on any atom is -0.481 e. The Balaban J connectivity index is 3.13. The van der Waals surface area contributed by atoms with Crippen LogP contribution in [0.2, 0.25) is 0 Å². The van der Waals surface area contributed by atoms with Crippen LogP contribution in [-0.4, -0.2) is 75.3 Å². The van der Waals surface area contributed by atoms with E-state index in [1.807, 2.05) is 13.8 Å². The fourth-order valence-corrected chi connectivity index (χ4v) is 3.40. The number of carboxylic acid groups (broad SMARTS) is 2. The minimum atomic E-state index is -1.67. The molecule has 12 nitrogen and oxygen atoms in total. The third kappa shape index (κ3) is 10.8. The van der Waals surface area contributed by atoms with Crippen LogP contribution in [0.4, 0.5) is 0 Å². The van der Waals surface area contributed by atoms with E-state index in [1.165, 1.54) is 0 Å². The highest BCUT2D eigenvalue weighted by Crippen LogP contribution is 2.08. The number of hydrogen-bond donors (Lipinski definition) is 7. The van der Waals surface area contributed by atoms with Gasteiger partial charge in [-0.3, -0.25) is 19.2 Å². The van der Waals surface area contributed by atoms with Crippen molar-refractivity contribution in [3.63, 3.8) is 0 Å². The van der Waals surface area contributed by atoms with Crippen LogP contribution < -0.4 is 21.7 Å². The van der Waals surface area contributed by atoms with E-state index in [1.54, 1.807) is 30.3 Å². The fourth-order valence-electron chi connectivity index (χ4n) is 3.40. The van der Waals surface area contributed by atoms with Crippen LogP contribution in [0.3, 0.4) is 0 Å². The number of benzene rings is 1. The van der Waals surface area contributed by atoms with Crippen molar-refractivity contribution < 1.29 is 39.3 Å². The quantitative estimate of drug-likeness (QED) is 0.161. The number of carboxylic acids is 2. The Labute approximate surface area is 209 Å². The smallest absolute Gasteiger partial charge is 0.328 e. The first-order chi connectivity index (χ1) is 16.8. The maximum Gasteiger partial charge on any atom is 0.328 e. The summed E-state index contributed by atoms with van der Waals surface area (Å²) in [6, 6.07) is 3.65. The number of nitrogens with one attached hydrogen (secondary N) is 3. The third-order valence-electron chi connectivity index (χ3n) is 5.30. The summed E-state index contributed by atoms with van der Waals surface area (Å²) in [5.74, 6) is -4.94. The molecule has 0 aliphatic heterocycles. The second kappa shape index (κ2) is 14.8. The predicted octanol–water partition coefficient (Wildman–Crippen LogP) is -0.613. The molecule has 0 aliphatic carbocycles. The van der Waals surface area contributed by atoms with E-state index >= 15 is 0 Å². The van der Waals surface area contributed by atoms with Crippen LogP contribution in [0.25, 0.3) is 0 Å². The van der Waals surface area contributed by atoms with E-state index in [-0.39, 0.29) is 18.8 Å². The molecule has 0 bridgehead atoms. The Morgan fingerprint density at radius 3 is 1.92 bits per heavy atom. The van der Waals surface area contributed by atoms with Gasteiger partial charge in [0.1, 0.15) is 12.1 Å². The molecule has 0 aliphatic rings. The second-order valence-corrected chi connectivity index (χ2v) is 9.05. The zero-order chi connectivity index (χ0) is 27.4. The standard InChI is InChI=1S/C24H36N4O8/c1-13(2)11-16(25)21(32)27-18(12-15-7-5-4-6-8-15)23(34)26-17(9-10-19(30)31)22(33)28-20(14(3)29)24(35)36/h4-8,13-14,16-18,20,29H,9-12,25H2,1-3H3,(H,26,34)(H,27,32)(H,28,33)(H,30,31)(H,35,36). The zero-order valence-corrected chi connectivity index (χ0v) is 20.6. The monoisotopic (exact) mass is 508 g/mol. The van der Waals surface area contributed by atoms with E-state index in [9.17, 15) is 34.2 Å². The lowest BCUT2D eigenvalue weighted by molar-refractivity contribution is -0.145. The van der Waals surface area contributed by atoms with Gasteiger partial charge in [-0.1, -0.05) is 44.2 Å². The van der Waals surface area contributed by atoms with Crippen LogP contribution in [0.5, 0.6) is 0 Å². The molecule has 0 spiro atoms. The molecule has 36 heavy (non-hydrogen) atoms. The number of amides is 3. The van der Waals surface area contributed by atoms with Gasteiger partial charge in [0.2, 0.25) is 17.7 Å². The molecule has 1 aromatic carbocycles. The Morgan fingerprint density at radius 1 is 0.861 bits per heavy atom. The molecule has 5 unspecified atom stereocenters. The molecular weight excluding hydrogens is 472 g/mol. The summed E-state index contributed by atoms with van der Waals surface area (Å²) in [7, 11) is 0. The normalized spacial score (nSPS) is 15.2. The molecule has 5 atom stereocenters. The van der Waals surface area contributed by atoms with Gasteiger partial charge in [0, 0.05) is 12.8 Å². The van der Waals surface area contributed by atoms with Crippen molar-refractivity contribution >= 4 is 29.7 Å². The molecule has 0 aromatic heterocycles. The van der Waals surface area contributed by atoms with Crippen molar-refractivity contribution in [2.24, 2.45) is 11.7 Å². The van der Waals surface area contributed by atoms with Crippen molar-refractivity contribution in [1.82, 2.24) is 16.0 Å². The average molecular weight is 509 g/mol. The summed E-state index contributed by atoms with van der Waals surface area (Å²) in [4.78, 5) is 61.0. The highest BCUT2D eigenvalue weighted by Gasteiger charge is 2.32. The Bertz CT molecular complexity index is 907. The summed E-state index contributed by atoms with van der Waals surface area (Å²) in [6.07, 6.45) is -1.86. The van der Waals surface area contributed by atoms with E-state index < -0.39 is 66.4 Å². The van der Waals surface area contributed by atoms with Gasteiger partial charge in [0.15, 0.2) is 6.04 Å². The van der Waals surface area contributed by atoms with E-state index in [0.29, 0.717) is 12.0 Å². The lowest BCUT2D eigenvalue weighted by Crippen LogP contribution is -2.58. The third-order valence-corrected chi connectivity index (χ3v) is 5.30. The molecule has 1 rings (SSSR count). The summed E-state index contributed by atoms with van der Waals surface area (Å²) in [5.41, 5.74) is 6.66. The summed E-state index contributed by atoms with van der Waals surface area (Å²) < 4.78 is 0. The van der Waals surface area contributed by atoms with Gasteiger partial charge in [0.25, 0.3) is 0 Å². The first kappa shape index (κ1) is 30.5. The summed E-state index contributed by atoms with van der Waals surface area (Å²) in [6.45, 7) is 4.95. The molecule has 0 heterocycles. The van der Waals surface area contributed by atoms with Crippen LogP contribution in [0.1, 0.15) is 45.6 Å². The first-order valence-corrected chi connectivity index (χ1v) is 11.6. The molecule has 0 saturated carbocycles. The topological polar surface area (TPSA) is 208 Å². The van der Waals surface area contributed by atoms with Crippen molar-refractivity contribution in [2.45, 2.75) is 76.7 Å². The fraction of sp³-hybridized carbons (Fsp3) is 0.542. The Morgan fingerprint density at radius 2 is 1.42 bits per heavy atom. The van der Waals surface area contributed by atoms with Gasteiger partial charge in [-0.2, -0.15) is 0 Å². The minimum absolute atomic E-state index is 0.0610. The van der Waals surface area contributed by atoms with E-state index in [2.05, 4.69) is 16.0 Å². The number of hydrogen-bond acceptors (Lipinski definition) is 7. The lowest BCUT2D eigenvalue weighted by Gasteiger charge is -2.26. The number of carbonyl (C=O) groups excluding carboxylic acids is 3. The predicted molar refractivity (Wildman–Crippen MR) is 130 cm³/mol. The van der Waals surface area contributed by atoms with Gasteiger partial charge in [-0.25, -0.2) is 4.79 Å². The SMILES string of the molecule is CC(C)CC(N)C(=O)NC(Cc1ccccc1)C(=O)NC(CCC(=O)O)C(=O)NC(C(=O)O)C(C)O. The Kier molecular flexibility index (Phi) is 12.5. The number of aliphatic hydroxyl groups excluding tert-OH is 1. The van der Waals surface area contributed by atoms with Crippen molar-refractivity contribution in [2.75, 3.05) is 0 Å². The molecule has 8 N–H and O–H groups in total. The van der Waals surface area contributed by atoms with Crippen LogP contribution in [0, 0.1) is 5.92 Å². The van der Waals surface area contributed by atoms with Crippen molar-refractivity contribution in [3.05, 3.63) is 35.9 Å². The maximum absolute atomic E-state index is 13.2. The van der Waals surface area contributed by atoms with Gasteiger partial charge in [-0.05, 0) is 31.2 Å². The maximum atomic E-state index is 13.2. The average Bonchev–Trinajstić information content (AvgIpc) is 2.78. The van der Waals surface area contributed by atoms with Gasteiger partial charge >= 0.3 is 11.9 Å². The Hall–Kier alpha value is -3.51. The highest BCUT2D eigenvalue weighted by atomic mass is 16.4. The highest BCUT2D eigenvalue weighted by molar-refractivity contribution is 5.94. The molecular formula is C24H36N4O8. The molecule has 12 heteroatoms. The molecule has 0 fully saturated rings. The molecule has 1 aromatic rings. The van der Waals surface area contributed by atoms with Crippen LogP contribution in [0.15, 0.2) is 30.3 Å². The summed E-state index contributed by atoms with van der Waals surface area (Å²) in [5, 5.41) is 35.0. The number of aliphatic carboxylic acids is 2. The first-order valence-electron chi connectivity index (χ1n) is 11.6. The van der Waals surface area contributed by atoms with Gasteiger partial charge in [0.05, 0.1) is 12.1 Å². The van der Waals surface area contributed by atoms with Crippen LogP contribution >= 0.6 is 0 Å². The van der Waals surface area contributed by atoms with E-state index in [4.69, 9.17) is 10.8 Å². The second-order valence-electron chi connectivity index (χ2n) is 9.05. The summed E-state index contributed by atoms with van der Waals surface area (Å²) >= 11 is 0. The molecule has 0 saturated heterocycles. The van der Waals surface area contributed by atoms with Gasteiger partial charge in [-0.15, -0.1) is 0 Å². The zero-order valence-electron chi connectivity index (χ0n) is 20.6. The number of carbonyl (C=O) groups is 5. The van der Waals surface area contributed by atoms with Crippen LogP contribution in [-0.2, 0) is 30.4 Å². The van der Waals surface area contributed by atoms with Gasteiger partial charge < -0.3 is 37.0 Å². The van der Waals surface area contributed by atoms with Crippen molar-refractivity contribution in [1.29, 1.82) is 0 Å². The number of aliphatic hydroxyl groups is 1.